The van der Waals surface area contributed by atoms with Crippen LogP contribution < -0.4 is 16.6 Å². The molecule has 7 nitrogen and oxygen atoms in total. The van der Waals surface area contributed by atoms with Crippen LogP contribution in [0, 0.1) is 5.82 Å². The van der Waals surface area contributed by atoms with Gasteiger partial charge < -0.3 is 5.32 Å². The molecule has 136 valence electrons. The average Bonchev–Trinajstić information content (AvgIpc) is 2.90. The van der Waals surface area contributed by atoms with Crippen LogP contribution in [-0.2, 0) is 13.1 Å². The highest BCUT2D eigenvalue weighted by molar-refractivity contribution is 6.53. The number of rotatable bonds is 4. The van der Waals surface area contributed by atoms with Gasteiger partial charge in [0, 0.05) is 12.6 Å². The molecule has 8 heteroatoms. The number of anilines is 1. The van der Waals surface area contributed by atoms with Gasteiger partial charge in [-0.2, -0.15) is 0 Å². The molecule has 0 saturated carbocycles. The van der Waals surface area contributed by atoms with Crippen LogP contribution in [0.15, 0.2) is 38.8 Å². The number of carbonyl (C=O) groups is 1. The molecule has 1 aliphatic heterocycles. The van der Waals surface area contributed by atoms with Crippen molar-refractivity contribution in [1.82, 2.24) is 9.13 Å². The average molecular weight is 358 g/mol. The molecule has 1 aromatic carbocycles. The first kappa shape index (κ1) is 17.8. The maximum absolute atomic E-state index is 13.1. The lowest BCUT2D eigenvalue weighted by Gasteiger charge is -2.14. The van der Waals surface area contributed by atoms with E-state index in [0.29, 0.717) is 5.56 Å². The van der Waals surface area contributed by atoms with Crippen molar-refractivity contribution in [3.05, 3.63) is 62.0 Å². The van der Waals surface area contributed by atoms with Crippen molar-refractivity contribution in [3.63, 3.8) is 0 Å². The summed E-state index contributed by atoms with van der Waals surface area (Å²) in [6.07, 6.45) is 0. The van der Waals surface area contributed by atoms with Crippen LogP contribution in [0.5, 0.6) is 0 Å². The van der Waals surface area contributed by atoms with E-state index in [9.17, 15) is 18.8 Å². The van der Waals surface area contributed by atoms with E-state index in [4.69, 9.17) is 0 Å². The van der Waals surface area contributed by atoms with Gasteiger partial charge in [0.1, 0.15) is 17.2 Å². The summed E-state index contributed by atoms with van der Waals surface area (Å²) in [5.74, 6) is -0.718. The Balaban J connectivity index is 2.20. The van der Waals surface area contributed by atoms with Gasteiger partial charge in [0.05, 0.1) is 6.54 Å². The van der Waals surface area contributed by atoms with Gasteiger partial charge in [-0.25, -0.2) is 9.18 Å². The molecule has 0 spiro atoms. The molecule has 1 aromatic heterocycles. The van der Waals surface area contributed by atoms with Crippen LogP contribution in [-0.4, -0.2) is 26.8 Å². The Morgan fingerprint density at radius 2 is 1.77 bits per heavy atom. The third-order valence-electron chi connectivity index (χ3n) is 4.06. The number of aromatic nitrogens is 2. The van der Waals surface area contributed by atoms with Crippen LogP contribution in [0.3, 0.4) is 0 Å². The van der Waals surface area contributed by atoms with Crippen LogP contribution >= 0.6 is 0 Å². The zero-order chi connectivity index (χ0) is 19.0. The normalized spacial score (nSPS) is 14.8. The molecule has 1 N–H and O–H groups in total. The van der Waals surface area contributed by atoms with E-state index in [2.05, 4.69) is 10.3 Å². The fourth-order valence-electron chi connectivity index (χ4n) is 2.87. The maximum atomic E-state index is 13.1. The Kier molecular flexibility index (Phi) is 4.58. The SMILES string of the molecule is CCn1c(=O)c2c(n(Cc3ccc(F)cc3)c1=O)NC(=NC(C)C)C2=O. The minimum absolute atomic E-state index is 0.0493. The van der Waals surface area contributed by atoms with E-state index < -0.39 is 17.0 Å². The number of amidine groups is 1. The van der Waals surface area contributed by atoms with E-state index in [0.717, 1.165) is 4.57 Å². The maximum Gasteiger partial charge on any atom is 0.332 e. The van der Waals surface area contributed by atoms with Gasteiger partial charge in [0.15, 0.2) is 5.84 Å². The summed E-state index contributed by atoms with van der Waals surface area (Å²) in [5, 5.41) is 2.82. The van der Waals surface area contributed by atoms with Gasteiger partial charge in [-0.3, -0.25) is 23.7 Å². The monoisotopic (exact) mass is 358 g/mol. The fraction of sp³-hybridized carbons (Fsp3) is 0.333. The van der Waals surface area contributed by atoms with Crippen molar-refractivity contribution in [2.24, 2.45) is 4.99 Å². The van der Waals surface area contributed by atoms with Crippen LogP contribution in [0.25, 0.3) is 0 Å². The molecule has 0 atom stereocenters. The zero-order valence-corrected chi connectivity index (χ0v) is 14.7. The largest absolute Gasteiger partial charge is 0.332 e. The number of Topliss-reactive ketones (excluding diaryl/α,β-unsaturated/α-hetero) is 1. The molecule has 2 aromatic rings. The summed E-state index contributed by atoms with van der Waals surface area (Å²) in [5.41, 5.74) is -0.588. The van der Waals surface area contributed by atoms with E-state index >= 15 is 0 Å². The first-order chi connectivity index (χ1) is 12.3. The van der Waals surface area contributed by atoms with E-state index in [-0.39, 0.29) is 42.2 Å². The second-order valence-electron chi connectivity index (χ2n) is 6.29. The van der Waals surface area contributed by atoms with Crippen molar-refractivity contribution < 1.29 is 9.18 Å². The smallest absolute Gasteiger partial charge is 0.322 e. The molecule has 26 heavy (non-hydrogen) atoms. The molecule has 1 aliphatic rings. The van der Waals surface area contributed by atoms with E-state index in [1.807, 2.05) is 0 Å². The van der Waals surface area contributed by atoms with Gasteiger partial charge in [0.25, 0.3) is 5.56 Å². The fourth-order valence-corrected chi connectivity index (χ4v) is 2.87. The highest BCUT2D eigenvalue weighted by Gasteiger charge is 2.34. The van der Waals surface area contributed by atoms with E-state index in [1.165, 1.54) is 16.7 Å². The number of hydrogen-bond donors (Lipinski definition) is 1. The number of carbonyl (C=O) groups excluding carboxylic acids is 1. The van der Waals surface area contributed by atoms with Gasteiger partial charge in [-0.05, 0) is 38.5 Å². The Bertz CT molecular complexity index is 1020. The molecule has 0 bridgehead atoms. The third kappa shape index (κ3) is 2.98. The number of halogens is 1. The van der Waals surface area contributed by atoms with Crippen molar-refractivity contribution in [1.29, 1.82) is 0 Å². The van der Waals surface area contributed by atoms with Crippen molar-refractivity contribution in [2.75, 3.05) is 5.32 Å². The highest BCUT2D eigenvalue weighted by atomic mass is 19.1. The Morgan fingerprint density at radius 1 is 1.12 bits per heavy atom. The number of benzene rings is 1. The van der Waals surface area contributed by atoms with Gasteiger partial charge in [0.2, 0.25) is 5.78 Å². The first-order valence-electron chi connectivity index (χ1n) is 8.35. The topological polar surface area (TPSA) is 85.5 Å². The second kappa shape index (κ2) is 6.70. The summed E-state index contributed by atoms with van der Waals surface area (Å²) in [7, 11) is 0. The lowest BCUT2D eigenvalue weighted by atomic mass is 10.2. The lowest BCUT2D eigenvalue weighted by Crippen LogP contribution is -2.42. The minimum atomic E-state index is -0.630. The van der Waals surface area contributed by atoms with Crippen molar-refractivity contribution >= 4 is 17.4 Å². The highest BCUT2D eigenvalue weighted by Crippen LogP contribution is 2.20. The summed E-state index contributed by atoms with van der Waals surface area (Å²) in [4.78, 5) is 42.1. The van der Waals surface area contributed by atoms with Crippen molar-refractivity contribution in [3.8, 4) is 0 Å². The van der Waals surface area contributed by atoms with Gasteiger partial charge in [-0.15, -0.1) is 0 Å². The third-order valence-corrected chi connectivity index (χ3v) is 4.06. The summed E-state index contributed by atoms with van der Waals surface area (Å²) in [6.45, 7) is 5.50. The second-order valence-corrected chi connectivity index (χ2v) is 6.29. The molecule has 0 unspecified atom stereocenters. The predicted octanol–water partition coefficient (Wildman–Crippen LogP) is 1.63. The number of ketones is 1. The van der Waals surface area contributed by atoms with Gasteiger partial charge in [-0.1, -0.05) is 12.1 Å². The van der Waals surface area contributed by atoms with Crippen molar-refractivity contribution in [2.45, 2.75) is 39.9 Å². The molecular weight excluding hydrogens is 339 g/mol. The molecule has 2 heterocycles. The molecule has 3 rings (SSSR count). The number of nitrogens with zero attached hydrogens (tertiary/aromatic N) is 3. The lowest BCUT2D eigenvalue weighted by molar-refractivity contribution is 0.106. The van der Waals surface area contributed by atoms with Gasteiger partial charge >= 0.3 is 5.69 Å². The number of fused-ring (bicyclic) bond motifs is 1. The Morgan fingerprint density at radius 3 is 2.35 bits per heavy atom. The number of nitrogens with one attached hydrogen (secondary N) is 1. The molecular formula is C18H19FN4O3. The van der Waals surface area contributed by atoms with Crippen LogP contribution in [0.1, 0.15) is 36.7 Å². The molecule has 0 radical (unpaired) electrons. The van der Waals surface area contributed by atoms with Crippen LogP contribution in [0.2, 0.25) is 0 Å². The standard InChI is InChI=1S/C18H19FN4O3/c1-4-22-17(25)13-14(24)15(20-10(2)3)21-16(13)23(18(22)26)9-11-5-7-12(19)8-6-11/h5-8,10H,4,9H2,1-3H3,(H,20,21,24). The van der Waals surface area contributed by atoms with Crippen LogP contribution in [0.4, 0.5) is 10.2 Å². The summed E-state index contributed by atoms with van der Waals surface area (Å²) < 4.78 is 15.5. The minimum Gasteiger partial charge on any atom is -0.322 e. The first-order valence-corrected chi connectivity index (χ1v) is 8.35. The number of hydrogen-bond acceptors (Lipinski definition) is 4. The molecule has 0 fully saturated rings. The molecule has 0 amide bonds. The predicted molar refractivity (Wildman–Crippen MR) is 96.7 cm³/mol. The summed E-state index contributed by atoms with van der Waals surface area (Å²) in [6, 6.07) is 5.54. The number of aliphatic imine (C=N–C) groups is 1. The summed E-state index contributed by atoms with van der Waals surface area (Å²) >= 11 is 0. The Labute approximate surface area is 148 Å². The molecule has 0 aliphatic carbocycles. The van der Waals surface area contributed by atoms with E-state index in [1.54, 1.807) is 32.9 Å². The zero-order valence-electron chi connectivity index (χ0n) is 14.7. The Hall–Kier alpha value is -3.03. The quantitative estimate of drug-likeness (QED) is 0.900. The molecule has 0 saturated heterocycles.